The van der Waals surface area contributed by atoms with Crippen molar-refractivity contribution in [2.24, 2.45) is 4.99 Å². The maximum atomic E-state index is 12.7. The van der Waals surface area contributed by atoms with Gasteiger partial charge < -0.3 is 5.32 Å². The molecular weight excluding hydrogens is 392 g/mol. The van der Waals surface area contributed by atoms with Gasteiger partial charge in [-0.2, -0.15) is 0 Å². The number of nitrogens with zero attached hydrogens (tertiary/aromatic N) is 2. The highest BCUT2D eigenvalue weighted by Gasteiger charge is 2.25. The predicted molar refractivity (Wildman–Crippen MR) is 99.9 cm³/mol. The van der Waals surface area contributed by atoms with Crippen molar-refractivity contribution >= 4 is 64.0 Å². The average Bonchev–Trinajstić information content (AvgIpc) is 3.00. The minimum Gasteiger partial charge on any atom is -0.324 e. The van der Waals surface area contributed by atoms with Crippen LogP contribution in [-0.4, -0.2) is 29.9 Å². The Labute approximate surface area is 159 Å². The van der Waals surface area contributed by atoms with E-state index in [0.717, 1.165) is 0 Å². The predicted octanol–water partition coefficient (Wildman–Crippen LogP) is 5.22. The zero-order valence-electron chi connectivity index (χ0n) is 12.2. The number of halogens is 4. The molecule has 8 heteroatoms. The largest absolute Gasteiger partial charge is 0.324 e. The molecule has 1 aliphatic rings. The number of hydrogen-bond donors (Lipinski definition) is 1. The third kappa shape index (κ3) is 3.62. The summed E-state index contributed by atoms with van der Waals surface area (Å²) in [6, 6.07) is 9.81. The lowest BCUT2D eigenvalue weighted by Gasteiger charge is -2.20. The van der Waals surface area contributed by atoms with Crippen molar-refractivity contribution in [2.45, 2.75) is 0 Å². The number of nitrogens with one attached hydrogen (secondary N) is 1. The second-order valence-corrected chi connectivity index (χ2v) is 6.70. The molecule has 0 fully saturated rings. The summed E-state index contributed by atoms with van der Waals surface area (Å²) in [5.74, 6) is 0.206. The van der Waals surface area contributed by atoms with E-state index < -0.39 is 0 Å². The Bertz CT molecular complexity index is 838. The Morgan fingerprint density at radius 2 is 1.79 bits per heavy atom. The topological polar surface area (TPSA) is 44.7 Å². The molecule has 0 spiro atoms. The zero-order chi connectivity index (χ0) is 17.3. The Morgan fingerprint density at radius 3 is 2.50 bits per heavy atom. The van der Waals surface area contributed by atoms with Crippen LogP contribution in [0.4, 0.5) is 5.69 Å². The van der Waals surface area contributed by atoms with Crippen molar-refractivity contribution in [3.8, 4) is 0 Å². The fourth-order valence-electron chi connectivity index (χ4n) is 2.25. The van der Waals surface area contributed by atoms with E-state index in [9.17, 15) is 4.79 Å². The summed E-state index contributed by atoms with van der Waals surface area (Å²) in [6.07, 6.45) is 0. The van der Waals surface area contributed by atoms with Crippen LogP contribution in [0.1, 0.15) is 10.4 Å². The molecule has 1 N–H and O–H groups in total. The number of carbonyl (C=O) groups excluding carboxylic acids is 1. The van der Waals surface area contributed by atoms with Crippen molar-refractivity contribution in [2.75, 3.05) is 18.4 Å². The van der Waals surface area contributed by atoms with Gasteiger partial charge in [0.05, 0.1) is 27.3 Å². The third-order valence-electron chi connectivity index (χ3n) is 3.43. The molecule has 0 saturated heterocycles. The van der Waals surface area contributed by atoms with Gasteiger partial charge in [-0.1, -0.05) is 46.4 Å². The van der Waals surface area contributed by atoms with Crippen LogP contribution in [0.2, 0.25) is 20.1 Å². The molecular formula is C16H11Cl4N3O. The molecule has 124 valence electrons. The number of hydrogen-bond acceptors (Lipinski definition) is 3. The third-order valence-corrected chi connectivity index (χ3v) is 4.72. The van der Waals surface area contributed by atoms with E-state index in [0.29, 0.717) is 50.4 Å². The Balaban J connectivity index is 1.82. The molecule has 1 aliphatic heterocycles. The lowest BCUT2D eigenvalue weighted by molar-refractivity contribution is 0.0858. The first kappa shape index (κ1) is 17.4. The number of rotatable bonds is 2. The first-order valence-electron chi connectivity index (χ1n) is 6.99. The molecule has 0 unspecified atom stereocenters. The van der Waals surface area contributed by atoms with E-state index in [4.69, 9.17) is 46.4 Å². The van der Waals surface area contributed by atoms with E-state index in [2.05, 4.69) is 10.3 Å². The van der Waals surface area contributed by atoms with E-state index in [1.807, 2.05) is 0 Å². The SMILES string of the molecule is O=C(c1ccc(Cl)c(Cl)c1)N1CCN=C1Nc1ccc(Cl)cc1Cl. The van der Waals surface area contributed by atoms with Crippen LogP contribution < -0.4 is 5.32 Å². The summed E-state index contributed by atoms with van der Waals surface area (Å²) in [5, 5.41) is 4.77. The van der Waals surface area contributed by atoms with Crippen molar-refractivity contribution in [1.29, 1.82) is 0 Å². The normalized spacial score (nSPS) is 13.8. The van der Waals surface area contributed by atoms with Gasteiger partial charge in [-0.05, 0) is 36.4 Å². The summed E-state index contributed by atoms with van der Waals surface area (Å²) in [5.41, 5.74) is 1.05. The minimum atomic E-state index is -0.220. The maximum Gasteiger partial charge on any atom is 0.260 e. The summed E-state index contributed by atoms with van der Waals surface area (Å²) in [7, 11) is 0. The van der Waals surface area contributed by atoms with Gasteiger partial charge in [0.25, 0.3) is 5.91 Å². The van der Waals surface area contributed by atoms with Gasteiger partial charge in [0.1, 0.15) is 0 Å². The van der Waals surface area contributed by atoms with Gasteiger partial charge in [-0.3, -0.25) is 14.7 Å². The van der Waals surface area contributed by atoms with Crippen LogP contribution in [0.25, 0.3) is 0 Å². The molecule has 0 atom stereocenters. The summed E-state index contributed by atoms with van der Waals surface area (Å²) >= 11 is 23.9. The van der Waals surface area contributed by atoms with Crippen LogP contribution in [0.5, 0.6) is 0 Å². The first-order chi connectivity index (χ1) is 11.5. The first-order valence-corrected chi connectivity index (χ1v) is 8.50. The molecule has 2 aromatic carbocycles. The van der Waals surface area contributed by atoms with E-state index in [1.165, 1.54) is 11.0 Å². The number of aliphatic imine (C=N–C) groups is 1. The van der Waals surface area contributed by atoms with Gasteiger partial charge in [0.2, 0.25) is 5.96 Å². The zero-order valence-corrected chi connectivity index (χ0v) is 15.2. The number of guanidine groups is 1. The smallest absolute Gasteiger partial charge is 0.260 e. The molecule has 1 heterocycles. The maximum absolute atomic E-state index is 12.7. The monoisotopic (exact) mass is 401 g/mol. The molecule has 4 nitrogen and oxygen atoms in total. The van der Waals surface area contributed by atoms with Crippen LogP contribution in [0.15, 0.2) is 41.4 Å². The number of amides is 1. The molecule has 0 radical (unpaired) electrons. The van der Waals surface area contributed by atoms with E-state index in [-0.39, 0.29) is 5.91 Å². The quantitative estimate of drug-likeness (QED) is 0.747. The average molecular weight is 403 g/mol. The van der Waals surface area contributed by atoms with E-state index in [1.54, 1.807) is 30.3 Å². The lowest BCUT2D eigenvalue weighted by atomic mass is 10.2. The van der Waals surface area contributed by atoms with Gasteiger partial charge >= 0.3 is 0 Å². The molecule has 0 bridgehead atoms. The van der Waals surface area contributed by atoms with Crippen LogP contribution in [0, 0.1) is 0 Å². The van der Waals surface area contributed by atoms with Gasteiger partial charge in [-0.25, -0.2) is 0 Å². The van der Waals surface area contributed by atoms with Crippen molar-refractivity contribution in [3.05, 3.63) is 62.1 Å². The molecule has 3 rings (SSSR count). The summed E-state index contributed by atoms with van der Waals surface area (Å²) < 4.78 is 0. The Kier molecular flexibility index (Phi) is 5.21. The van der Waals surface area contributed by atoms with Crippen LogP contribution in [0.3, 0.4) is 0 Å². The van der Waals surface area contributed by atoms with Crippen LogP contribution in [-0.2, 0) is 0 Å². The minimum absolute atomic E-state index is 0.220. The lowest BCUT2D eigenvalue weighted by Crippen LogP contribution is -2.38. The molecule has 24 heavy (non-hydrogen) atoms. The fourth-order valence-corrected chi connectivity index (χ4v) is 3.00. The number of anilines is 1. The molecule has 0 aromatic heterocycles. The fraction of sp³-hybridized carbons (Fsp3) is 0.125. The van der Waals surface area contributed by atoms with Crippen LogP contribution >= 0.6 is 46.4 Å². The van der Waals surface area contributed by atoms with E-state index >= 15 is 0 Å². The molecule has 0 aliphatic carbocycles. The number of carbonyl (C=O) groups is 1. The molecule has 0 saturated carbocycles. The second kappa shape index (κ2) is 7.19. The summed E-state index contributed by atoms with van der Waals surface area (Å²) in [4.78, 5) is 18.6. The highest BCUT2D eigenvalue weighted by atomic mass is 35.5. The second-order valence-electron chi connectivity index (χ2n) is 5.04. The van der Waals surface area contributed by atoms with Crippen molar-refractivity contribution in [3.63, 3.8) is 0 Å². The van der Waals surface area contributed by atoms with Crippen molar-refractivity contribution in [1.82, 2.24) is 4.90 Å². The van der Waals surface area contributed by atoms with Gasteiger partial charge in [-0.15, -0.1) is 0 Å². The molecule has 2 aromatic rings. The highest BCUT2D eigenvalue weighted by molar-refractivity contribution is 6.42. The Hall–Kier alpha value is -1.46. The summed E-state index contributed by atoms with van der Waals surface area (Å²) in [6.45, 7) is 0.966. The van der Waals surface area contributed by atoms with Crippen molar-refractivity contribution < 1.29 is 4.79 Å². The van der Waals surface area contributed by atoms with Gasteiger partial charge in [0.15, 0.2) is 0 Å². The molecule has 1 amide bonds. The van der Waals surface area contributed by atoms with Gasteiger partial charge in [0, 0.05) is 17.1 Å². The standard InChI is InChI=1S/C16H11Cl4N3O/c17-10-2-4-14(13(20)8-10)22-16-21-5-6-23(16)15(24)9-1-3-11(18)12(19)7-9/h1-4,7-8H,5-6H2,(H,21,22). The highest BCUT2D eigenvalue weighted by Crippen LogP contribution is 2.27. The Morgan fingerprint density at radius 1 is 1.00 bits per heavy atom. The number of benzene rings is 2.